The van der Waals surface area contributed by atoms with Crippen molar-refractivity contribution in [1.29, 1.82) is 0 Å². The highest BCUT2D eigenvalue weighted by atomic mass is 35.5. The van der Waals surface area contributed by atoms with Crippen molar-refractivity contribution in [2.75, 3.05) is 19.6 Å². The van der Waals surface area contributed by atoms with Gasteiger partial charge in [0.05, 0.1) is 10.6 Å². The lowest BCUT2D eigenvalue weighted by Crippen LogP contribution is -2.23. The standard InChI is InChI=1S/C10H9ClF3NO3/c1-17-4-18-8-3-7(15)5(2-6(8)11)9(16)10(12,13)14/h2-3H,4,15H2,1H3. The maximum atomic E-state index is 12.3. The molecule has 0 aromatic heterocycles. The molecule has 4 nitrogen and oxygen atoms in total. The van der Waals surface area contributed by atoms with Gasteiger partial charge in [-0.1, -0.05) is 11.6 Å². The van der Waals surface area contributed by atoms with Crippen LogP contribution in [0.5, 0.6) is 5.75 Å². The highest BCUT2D eigenvalue weighted by Gasteiger charge is 2.40. The van der Waals surface area contributed by atoms with Crippen molar-refractivity contribution in [2.24, 2.45) is 0 Å². The Balaban J connectivity index is 3.11. The predicted octanol–water partition coefficient (Wildman–Crippen LogP) is 2.65. The normalized spacial score (nSPS) is 11.4. The van der Waals surface area contributed by atoms with Gasteiger partial charge < -0.3 is 15.2 Å². The van der Waals surface area contributed by atoms with Crippen molar-refractivity contribution in [2.45, 2.75) is 6.18 Å². The Morgan fingerprint density at radius 1 is 1.44 bits per heavy atom. The van der Waals surface area contributed by atoms with E-state index in [1.807, 2.05) is 0 Å². The van der Waals surface area contributed by atoms with Gasteiger partial charge in [0.1, 0.15) is 5.75 Å². The average Bonchev–Trinajstić information content (AvgIpc) is 2.27. The Morgan fingerprint density at radius 3 is 2.56 bits per heavy atom. The van der Waals surface area contributed by atoms with Crippen LogP contribution in [0.1, 0.15) is 10.4 Å². The number of alkyl halides is 3. The minimum atomic E-state index is -5.01. The molecule has 0 aliphatic rings. The maximum Gasteiger partial charge on any atom is 0.454 e. The third kappa shape index (κ3) is 3.27. The zero-order chi connectivity index (χ0) is 13.9. The van der Waals surface area contributed by atoms with Crippen LogP contribution in [0, 0.1) is 0 Å². The Bertz CT molecular complexity index is 462. The van der Waals surface area contributed by atoms with E-state index in [4.69, 9.17) is 22.1 Å². The summed E-state index contributed by atoms with van der Waals surface area (Å²) in [5.74, 6) is -2.02. The summed E-state index contributed by atoms with van der Waals surface area (Å²) in [5, 5.41) is -0.158. The number of nitrogens with two attached hydrogens (primary N) is 1. The van der Waals surface area contributed by atoms with Gasteiger partial charge in [-0.05, 0) is 6.07 Å². The van der Waals surface area contributed by atoms with Crippen LogP contribution in [0.25, 0.3) is 0 Å². The topological polar surface area (TPSA) is 61.6 Å². The summed E-state index contributed by atoms with van der Waals surface area (Å²) in [6.07, 6.45) is -5.01. The molecule has 0 saturated carbocycles. The molecule has 0 fully saturated rings. The van der Waals surface area contributed by atoms with Gasteiger partial charge in [0.2, 0.25) is 0 Å². The summed E-state index contributed by atoms with van der Waals surface area (Å²) in [7, 11) is 1.36. The molecule has 1 rings (SSSR count). The zero-order valence-corrected chi connectivity index (χ0v) is 9.93. The van der Waals surface area contributed by atoms with E-state index in [2.05, 4.69) is 4.74 Å². The van der Waals surface area contributed by atoms with E-state index in [9.17, 15) is 18.0 Å². The zero-order valence-electron chi connectivity index (χ0n) is 9.18. The fourth-order valence-corrected chi connectivity index (χ4v) is 1.37. The first-order valence-electron chi connectivity index (χ1n) is 4.59. The molecule has 0 unspecified atom stereocenters. The Hall–Kier alpha value is -1.47. The third-order valence-corrected chi connectivity index (χ3v) is 2.23. The predicted molar refractivity (Wildman–Crippen MR) is 58.8 cm³/mol. The number of halogens is 4. The maximum absolute atomic E-state index is 12.3. The molecule has 0 saturated heterocycles. The van der Waals surface area contributed by atoms with Gasteiger partial charge in [-0.25, -0.2) is 0 Å². The lowest BCUT2D eigenvalue weighted by molar-refractivity contribution is -0.0884. The third-order valence-electron chi connectivity index (χ3n) is 1.94. The Labute approximate surface area is 105 Å². The molecule has 1 aromatic carbocycles. The van der Waals surface area contributed by atoms with Gasteiger partial charge >= 0.3 is 6.18 Å². The average molecular weight is 284 g/mol. The second kappa shape index (κ2) is 5.45. The highest BCUT2D eigenvalue weighted by Crippen LogP contribution is 2.33. The quantitative estimate of drug-likeness (QED) is 0.524. The number of rotatable bonds is 4. The van der Waals surface area contributed by atoms with Crippen LogP contribution in [0.4, 0.5) is 18.9 Å². The molecule has 8 heteroatoms. The second-order valence-corrected chi connectivity index (χ2v) is 3.65. The molecule has 0 heterocycles. The van der Waals surface area contributed by atoms with E-state index < -0.39 is 17.5 Å². The minimum absolute atomic E-state index is 0.0368. The molecule has 2 N–H and O–H groups in total. The lowest BCUT2D eigenvalue weighted by atomic mass is 10.1. The molecule has 0 spiro atoms. The number of ether oxygens (including phenoxy) is 2. The first-order chi connectivity index (χ1) is 8.27. The smallest absolute Gasteiger partial charge is 0.454 e. The van der Waals surface area contributed by atoms with Crippen molar-refractivity contribution < 1.29 is 27.4 Å². The summed E-state index contributed by atoms with van der Waals surface area (Å²) in [6.45, 7) is -0.147. The van der Waals surface area contributed by atoms with E-state index in [-0.39, 0.29) is 23.3 Å². The van der Waals surface area contributed by atoms with Gasteiger partial charge in [0.25, 0.3) is 5.78 Å². The van der Waals surface area contributed by atoms with E-state index >= 15 is 0 Å². The van der Waals surface area contributed by atoms with Gasteiger partial charge in [0.15, 0.2) is 6.79 Å². The van der Waals surface area contributed by atoms with Crippen molar-refractivity contribution in [1.82, 2.24) is 0 Å². The Kier molecular flexibility index (Phi) is 4.42. The monoisotopic (exact) mass is 283 g/mol. The number of hydrogen-bond donors (Lipinski definition) is 1. The molecule has 100 valence electrons. The Morgan fingerprint density at radius 2 is 2.06 bits per heavy atom. The molecular weight excluding hydrogens is 275 g/mol. The van der Waals surface area contributed by atoms with Crippen LogP contribution < -0.4 is 10.5 Å². The van der Waals surface area contributed by atoms with Crippen LogP contribution in [0.15, 0.2) is 12.1 Å². The van der Waals surface area contributed by atoms with Crippen LogP contribution in [-0.4, -0.2) is 25.9 Å². The molecular formula is C10H9ClF3NO3. The van der Waals surface area contributed by atoms with E-state index in [1.165, 1.54) is 7.11 Å². The molecule has 0 amide bonds. The van der Waals surface area contributed by atoms with E-state index in [1.54, 1.807) is 0 Å². The summed E-state index contributed by atoms with van der Waals surface area (Å²) in [6, 6.07) is 1.86. The fourth-order valence-electron chi connectivity index (χ4n) is 1.15. The molecule has 0 bridgehead atoms. The van der Waals surface area contributed by atoms with Crippen molar-refractivity contribution in [3.63, 3.8) is 0 Å². The number of hydrogen-bond acceptors (Lipinski definition) is 4. The van der Waals surface area contributed by atoms with Crippen LogP contribution in [0.2, 0.25) is 5.02 Å². The van der Waals surface area contributed by atoms with Gasteiger partial charge in [0, 0.05) is 18.9 Å². The van der Waals surface area contributed by atoms with E-state index in [0.29, 0.717) is 0 Å². The van der Waals surface area contributed by atoms with Gasteiger partial charge in [-0.2, -0.15) is 13.2 Å². The molecule has 0 radical (unpaired) electrons. The largest absolute Gasteiger partial charge is 0.466 e. The molecule has 1 aromatic rings. The molecule has 0 atom stereocenters. The summed E-state index contributed by atoms with van der Waals surface area (Å²) < 4.78 is 46.3. The number of nitrogen functional groups attached to an aromatic ring is 1. The number of carbonyl (C=O) groups is 1. The van der Waals surface area contributed by atoms with Crippen molar-refractivity contribution in [3.8, 4) is 5.75 Å². The number of methoxy groups -OCH3 is 1. The highest BCUT2D eigenvalue weighted by molar-refractivity contribution is 6.32. The fraction of sp³-hybridized carbons (Fsp3) is 0.300. The number of carbonyl (C=O) groups excluding carboxylic acids is 1. The number of benzene rings is 1. The van der Waals surface area contributed by atoms with Crippen molar-refractivity contribution in [3.05, 3.63) is 22.7 Å². The van der Waals surface area contributed by atoms with Gasteiger partial charge in [-0.15, -0.1) is 0 Å². The number of anilines is 1. The van der Waals surface area contributed by atoms with Crippen LogP contribution in [0.3, 0.4) is 0 Å². The van der Waals surface area contributed by atoms with Crippen molar-refractivity contribution >= 4 is 23.1 Å². The summed E-state index contributed by atoms with van der Waals surface area (Å²) in [4.78, 5) is 11.0. The first-order valence-corrected chi connectivity index (χ1v) is 4.97. The number of ketones is 1. The summed E-state index contributed by atoms with van der Waals surface area (Å²) >= 11 is 5.68. The van der Waals surface area contributed by atoms with E-state index in [0.717, 1.165) is 12.1 Å². The molecule has 0 aliphatic heterocycles. The first kappa shape index (κ1) is 14.6. The second-order valence-electron chi connectivity index (χ2n) is 3.25. The van der Waals surface area contributed by atoms with Crippen LogP contribution >= 0.6 is 11.6 Å². The molecule has 0 aliphatic carbocycles. The molecule has 18 heavy (non-hydrogen) atoms. The minimum Gasteiger partial charge on any atom is -0.466 e. The lowest BCUT2D eigenvalue weighted by Gasteiger charge is -2.12. The SMILES string of the molecule is COCOc1cc(N)c(C(=O)C(F)(F)F)cc1Cl. The van der Waals surface area contributed by atoms with Gasteiger partial charge in [-0.3, -0.25) is 4.79 Å². The number of Topliss-reactive ketones (excluding diaryl/α,β-unsaturated/α-hetero) is 1. The summed E-state index contributed by atoms with van der Waals surface area (Å²) in [5.41, 5.74) is 4.28. The van der Waals surface area contributed by atoms with Crippen LogP contribution in [-0.2, 0) is 4.74 Å².